The van der Waals surface area contributed by atoms with Crippen molar-refractivity contribution in [2.45, 2.75) is 26.4 Å². The summed E-state index contributed by atoms with van der Waals surface area (Å²) in [7, 11) is 0. The van der Waals surface area contributed by atoms with Gasteiger partial charge in [-0.3, -0.25) is 0 Å². The van der Waals surface area contributed by atoms with E-state index in [0.717, 1.165) is 44.9 Å². The average Bonchev–Trinajstić information content (AvgIpc) is 2.85. The molecule has 0 saturated heterocycles. The minimum atomic E-state index is 0.555. The van der Waals surface area contributed by atoms with Gasteiger partial charge in [0.15, 0.2) is 0 Å². The van der Waals surface area contributed by atoms with Crippen LogP contribution in [0.3, 0.4) is 0 Å². The maximum absolute atomic E-state index is 5.44. The Morgan fingerprint density at radius 3 is 2.88 bits per heavy atom. The van der Waals surface area contributed by atoms with Crippen molar-refractivity contribution in [1.29, 1.82) is 0 Å². The first-order chi connectivity index (χ1) is 8.43. The largest absolute Gasteiger partial charge is 0.467 e. The van der Waals surface area contributed by atoms with E-state index >= 15 is 0 Å². The summed E-state index contributed by atoms with van der Waals surface area (Å²) in [6.07, 6.45) is 3.93. The Balaban J connectivity index is 1.76. The normalized spacial score (nSPS) is 10.9. The van der Waals surface area contributed by atoms with E-state index in [1.54, 1.807) is 6.26 Å². The lowest BCUT2D eigenvalue weighted by Gasteiger charge is -2.05. The number of hydrogen-bond acceptors (Lipinski definition) is 4. The molecule has 0 saturated carbocycles. The first-order valence-corrected chi connectivity index (χ1v) is 6.32. The highest BCUT2D eigenvalue weighted by molar-refractivity contribution is 4.95. The third-order valence-corrected chi connectivity index (χ3v) is 2.34. The van der Waals surface area contributed by atoms with Gasteiger partial charge in [0.1, 0.15) is 12.4 Å². The molecule has 0 aliphatic rings. The van der Waals surface area contributed by atoms with Crippen LogP contribution >= 0.6 is 0 Å². The predicted molar refractivity (Wildman–Crippen MR) is 67.0 cm³/mol. The molecule has 17 heavy (non-hydrogen) atoms. The zero-order valence-electron chi connectivity index (χ0n) is 10.6. The van der Waals surface area contributed by atoms with Crippen molar-refractivity contribution >= 4 is 0 Å². The van der Waals surface area contributed by atoms with Gasteiger partial charge in [-0.15, -0.1) is 0 Å². The lowest BCUT2D eigenvalue weighted by atomic mass is 10.3. The van der Waals surface area contributed by atoms with Gasteiger partial charge in [0, 0.05) is 19.8 Å². The summed E-state index contributed by atoms with van der Waals surface area (Å²) in [5, 5.41) is 3.33. The molecule has 0 radical (unpaired) electrons. The molecule has 98 valence electrons. The quantitative estimate of drug-likeness (QED) is 0.603. The topological polar surface area (TPSA) is 43.6 Å². The van der Waals surface area contributed by atoms with Crippen LogP contribution in [-0.4, -0.2) is 32.9 Å². The van der Waals surface area contributed by atoms with Gasteiger partial charge in [-0.2, -0.15) is 0 Å². The van der Waals surface area contributed by atoms with E-state index in [1.807, 2.05) is 19.1 Å². The van der Waals surface area contributed by atoms with E-state index in [4.69, 9.17) is 13.9 Å². The molecule has 4 heteroatoms. The van der Waals surface area contributed by atoms with Crippen LogP contribution in [0.1, 0.15) is 25.5 Å². The van der Waals surface area contributed by atoms with Gasteiger partial charge < -0.3 is 19.2 Å². The maximum atomic E-state index is 5.44. The Kier molecular flexibility index (Phi) is 8.64. The summed E-state index contributed by atoms with van der Waals surface area (Å²) in [5.41, 5.74) is 0. The van der Waals surface area contributed by atoms with E-state index in [0.29, 0.717) is 13.2 Å². The monoisotopic (exact) mass is 241 g/mol. The molecular weight excluding hydrogens is 218 g/mol. The average molecular weight is 241 g/mol. The van der Waals surface area contributed by atoms with E-state index < -0.39 is 0 Å². The second kappa shape index (κ2) is 10.3. The molecule has 0 aliphatic heterocycles. The van der Waals surface area contributed by atoms with Crippen LogP contribution in [0.15, 0.2) is 22.8 Å². The van der Waals surface area contributed by atoms with Crippen molar-refractivity contribution in [3.05, 3.63) is 24.2 Å². The second-order valence-corrected chi connectivity index (χ2v) is 3.79. The molecular formula is C13H23NO3. The minimum absolute atomic E-state index is 0.555. The molecule has 1 aromatic heterocycles. The molecule has 0 bridgehead atoms. The van der Waals surface area contributed by atoms with Crippen molar-refractivity contribution in [2.75, 3.05) is 32.9 Å². The Labute approximate surface area is 103 Å². The lowest BCUT2D eigenvalue weighted by molar-refractivity contribution is 0.107. The first kappa shape index (κ1) is 14.2. The summed E-state index contributed by atoms with van der Waals surface area (Å²) < 4.78 is 15.9. The van der Waals surface area contributed by atoms with Crippen LogP contribution in [0, 0.1) is 0 Å². The lowest BCUT2D eigenvalue weighted by Crippen LogP contribution is -2.21. The Morgan fingerprint density at radius 1 is 1.18 bits per heavy atom. The summed E-state index contributed by atoms with van der Waals surface area (Å²) in [6.45, 7) is 6.88. The highest BCUT2D eigenvalue weighted by atomic mass is 16.5. The molecule has 1 rings (SSSR count). The third kappa shape index (κ3) is 7.96. The van der Waals surface area contributed by atoms with Crippen LogP contribution in [0.4, 0.5) is 0 Å². The SMILES string of the molecule is CCOCCCCNCCOCc1ccco1. The molecule has 0 unspecified atom stereocenters. The highest BCUT2D eigenvalue weighted by Gasteiger charge is 1.95. The van der Waals surface area contributed by atoms with Gasteiger partial charge in [-0.25, -0.2) is 0 Å². The fraction of sp³-hybridized carbons (Fsp3) is 0.692. The molecule has 1 N–H and O–H groups in total. The summed E-state index contributed by atoms with van der Waals surface area (Å²) in [4.78, 5) is 0. The second-order valence-electron chi connectivity index (χ2n) is 3.79. The minimum Gasteiger partial charge on any atom is -0.467 e. The number of furan rings is 1. The summed E-state index contributed by atoms with van der Waals surface area (Å²) >= 11 is 0. The number of hydrogen-bond donors (Lipinski definition) is 1. The Morgan fingerprint density at radius 2 is 2.12 bits per heavy atom. The van der Waals surface area contributed by atoms with Crippen molar-refractivity contribution in [3.63, 3.8) is 0 Å². The van der Waals surface area contributed by atoms with E-state index in [1.165, 1.54) is 0 Å². The smallest absolute Gasteiger partial charge is 0.129 e. The summed E-state index contributed by atoms with van der Waals surface area (Å²) in [5.74, 6) is 0.877. The fourth-order valence-corrected chi connectivity index (χ4v) is 1.44. The fourth-order valence-electron chi connectivity index (χ4n) is 1.44. The number of nitrogens with one attached hydrogen (secondary N) is 1. The van der Waals surface area contributed by atoms with Gasteiger partial charge in [0.2, 0.25) is 0 Å². The van der Waals surface area contributed by atoms with Crippen LogP contribution in [0.25, 0.3) is 0 Å². The molecule has 0 fully saturated rings. The van der Waals surface area contributed by atoms with E-state index in [-0.39, 0.29) is 0 Å². The van der Waals surface area contributed by atoms with Gasteiger partial charge in [0.05, 0.1) is 12.9 Å². The molecule has 0 aromatic carbocycles. The van der Waals surface area contributed by atoms with Crippen molar-refractivity contribution < 1.29 is 13.9 Å². The van der Waals surface area contributed by atoms with Crippen LogP contribution in [0.5, 0.6) is 0 Å². The third-order valence-electron chi connectivity index (χ3n) is 2.34. The summed E-state index contributed by atoms with van der Waals surface area (Å²) in [6, 6.07) is 3.79. The molecule has 0 aliphatic carbocycles. The van der Waals surface area contributed by atoms with E-state index in [9.17, 15) is 0 Å². The van der Waals surface area contributed by atoms with Crippen molar-refractivity contribution in [3.8, 4) is 0 Å². The number of rotatable bonds is 11. The molecule has 0 atom stereocenters. The highest BCUT2D eigenvalue weighted by Crippen LogP contribution is 2.00. The Bertz CT molecular complexity index is 249. The van der Waals surface area contributed by atoms with Gasteiger partial charge in [0.25, 0.3) is 0 Å². The van der Waals surface area contributed by atoms with Crippen LogP contribution in [-0.2, 0) is 16.1 Å². The van der Waals surface area contributed by atoms with E-state index in [2.05, 4.69) is 5.32 Å². The molecule has 0 amide bonds. The van der Waals surface area contributed by atoms with Gasteiger partial charge in [-0.1, -0.05) is 0 Å². The van der Waals surface area contributed by atoms with Crippen LogP contribution < -0.4 is 5.32 Å². The predicted octanol–water partition coefficient (Wildman–Crippen LogP) is 2.20. The molecule has 1 aromatic rings. The standard InChI is InChI=1S/C13H23NO3/c1-2-15-9-4-3-7-14-8-11-16-12-13-6-5-10-17-13/h5-6,10,14H,2-4,7-9,11-12H2,1H3. The van der Waals surface area contributed by atoms with Crippen molar-refractivity contribution in [2.24, 2.45) is 0 Å². The van der Waals surface area contributed by atoms with Crippen LogP contribution in [0.2, 0.25) is 0 Å². The van der Waals surface area contributed by atoms with Crippen molar-refractivity contribution in [1.82, 2.24) is 5.32 Å². The number of ether oxygens (including phenoxy) is 2. The zero-order valence-corrected chi connectivity index (χ0v) is 10.6. The molecule has 4 nitrogen and oxygen atoms in total. The Hall–Kier alpha value is -0.840. The molecule has 0 spiro atoms. The van der Waals surface area contributed by atoms with Gasteiger partial charge in [-0.05, 0) is 38.4 Å². The molecule has 1 heterocycles. The zero-order chi connectivity index (χ0) is 12.2. The number of unbranched alkanes of at least 4 members (excludes halogenated alkanes) is 1. The van der Waals surface area contributed by atoms with Gasteiger partial charge >= 0.3 is 0 Å². The first-order valence-electron chi connectivity index (χ1n) is 6.32. The maximum Gasteiger partial charge on any atom is 0.129 e.